The highest BCUT2D eigenvalue weighted by atomic mass is 32.2. The number of rotatable bonds is 18. The molecular formula is C19H35N5O7S2. The van der Waals surface area contributed by atoms with Crippen LogP contribution >= 0.6 is 24.4 Å². The van der Waals surface area contributed by atoms with Gasteiger partial charge in [0.05, 0.1) is 6.04 Å². The number of thiol groups is 1. The predicted octanol–water partition coefficient (Wildman–Crippen LogP) is -1.47. The Balaban J connectivity index is 5.47. The van der Waals surface area contributed by atoms with Crippen molar-refractivity contribution in [2.24, 2.45) is 11.5 Å². The zero-order valence-electron chi connectivity index (χ0n) is 18.6. The molecule has 33 heavy (non-hydrogen) atoms. The van der Waals surface area contributed by atoms with E-state index in [1.54, 1.807) is 6.26 Å². The lowest BCUT2D eigenvalue weighted by Gasteiger charge is -2.25. The number of unbranched alkanes of at least 4 members (excludes halogenated alkanes) is 1. The molecule has 0 aromatic rings. The van der Waals surface area contributed by atoms with Crippen LogP contribution in [0.5, 0.6) is 0 Å². The summed E-state index contributed by atoms with van der Waals surface area (Å²) in [7, 11) is 0. The minimum absolute atomic E-state index is 0.0548. The molecule has 0 aliphatic carbocycles. The number of carbonyl (C=O) groups excluding carboxylic acids is 3. The number of aliphatic carboxylic acids is 2. The highest BCUT2D eigenvalue weighted by Gasteiger charge is 2.30. The minimum atomic E-state index is -1.31. The summed E-state index contributed by atoms with van der Waals surface area (Å²) in [5.41, 5.74) is 11.1. The molecule has 0 bridgehead atoms. The molecule has 190 valence electrons. The van der Waals surface area contributed by atoms with Crippen molar-refractivity contribution in [3.05, 3.63) is 0 Å². The summed E-state index contributed by atoms with van der Waals surface area (Å²) >= 11 is 5.36. The van der Waals surface area contributed by atoms with Crippen LogP contribution in [-0.4, -0.2) is 88.3 Å². The SMILES string of the molecule is CSCCC(NC(=O)C(CCC(=O)O)NC(=O)C(CCCCN)NC(=O)C(N)CS)C(=O)O. The third-order valence-corrected chi connectivity index (χ3v) is 5.66. The van der Waals surface area contributed by atoms with E-state index in [1.165, 1.54) is 11.8 Å². The molecule has 0 aromatic heterocycles. The lowest BCUT2D eigenvalue weighted by Crippen LogP contribution is -2.57. The van der Waals surface area contributed by atoms with E-state index in [0.29, 0.717) is 25.1 Å². The second kappa shape index (κ2) is 17.4. The molecule has 0 aromatic carbocycles. The molecule has 12 nitrogen and oxygen atoms in total. The number of hydrogen-bond donors (Lipinski definition) is 8. The van der Waals surface area contributed by atoms with Gasteiger partial charge in [0.1, 0.15) is 18.1 Å². The van der Waals surface area contributed by atoms with E-state index in [1.807, 2.05) is 0 Å². The maximum atomic E-state index is 12.9. The number of carboxylic acids is 2. The lowest BCUT2D eigenvalue weighted by atomic mass is 10.1. The number of carbonyl (C=O) groups is 5. The van der Waals surface area contributed by atoms with Crippen LogP contribution in [0.4, 0.5) is 0 Å². The van der Waals surface area contributed by atoms with Crippen LogP contribution in [0.3, 0.4) is 0 Å². The molecule has 9 N–H and O–H groups in total. The summed E-state index contributed by atoms with van der Waals surface area (Å²) in [5, 5.41) is 25.6. The number of carboxylic acid groups (broad SMARTS) is 2. The van der Waals surface area contributed by atoms with Crippen molar-refractivity contribution >= 4 is 54.1 Å². The summed E-state index contributed by atoms with van der Waals surface area (Å²) in [6, 6.07) is -4.49. The van der Waals surface area contributed by atoms with Gasteiger partial charge in [0, 0.05) is 12.2 Å². The molecular weight excluding hydrogens is 474 g/mol. The van der Waals surface area contributed by atoms with Crippen LogP contribution < -0.4 is 27.4 Å². The lowest BCUT2D eigenvalue weighted by molar-refractivity contribution is -0.143. The van der Waals surface area contributed by atoms with Crippen LogP contribution in [0.15, 0.2) is 0 Å². The van der Waals surface area contributed by atoms with E-state index in [2.05, 4.69) is 28.6 Å². The van der Waals surface area contributed by atoms with Crippen LogP contribution in [0.1, 0.15) is 38.5 Å². The zero-order chi connectivity index (χ0) is 25.4. The van der Waals surface area contributed by atoms with Gasteiger partial charge in [-0.1, -0.05) is 0 Å². The van der Waals surface area contributed by atoms with Crippen LogP contribution in [0.2, 0.25) is 0 Å². The maximum Gasteiger partial charge on any atom is 0.326 e. The summed E-state index contributed by atoms with van der Waals surface area (Å²) in [6.07, 6.45) is 2.56. The van der Waals surface area contributed by atoms with Gasteiger partial charge in [-0.2, -0.15) is 24.4 Å². The second-order valence-electron chi connectivity index (χ2n) is 7.31. The normalized spacial score (nSPS) is 14.4. The van der Waals surface area contributed by atoms with Gasteiger partial charge in [-0.25, -0.2) is 4.79 Å². The summed E-state index contributed by atoms with van der Waals surface area (Å²) in [5.74, 6) is -4.04. The summed E-state index contributed by atoms with van der Waals surface area (Å²) < 4.78 is 0. The van der Waals surface area contributed by atoms with Crippen molar-refractivity contribution < 1.29 is 34.2 Å². The van der Waals surface area contributed by atoms with E-state index in [-0.39, 0.29) is 25.0 Å². The predicted molar refractivity (Wildman–Crippen MR) is 128 cm³/mol. The second-order valence-corrected chi connectivity index (χ2v) is 8.66. The van der Waals surface area contributed by atoms with Crippen molar-refractivity contribution in [1.29, 1.82) is 0 Å². The van der Waals surface area contributed by atoms with Gasteiger partial charge in [-0.05, 0) is 50.7 Å². The molecule has 0 spiro atoms. The van der Waals surface area contributed by atoms with Crippen LogP contribution in [0, 0.1) is 0 Å². The van der Waals surface area contributed by atoms with Crippen molar-refractivity contribution in [3.8, 4) is 0 Å². The average Bonchev–Trinajstić information content (AvgIpc) is 2.77. The molecule has 0 fully saturated rings. The molecule has 0 rings (SSSR count). The van der Waals surface area contributed by atoms with Crippen molar-refractivity contribution in [1.82, 2.24) is 16.0 Å². The number of nitrogens with one attached hydrogen (secondary N) is 3. The molecule has 4 unspecified atom stereocenters. The molecule has 4 atom stereocenters. The largest absolute Gasteiger partial charge is 0.481 e. The smallest absolute Gasteiger partial charge is 0.326 e. The van der Waals surface area contributed by atoms with Gasteiger partial charge < -0.3 is 37.6 Å². The number of thioether (sulfide) groups is 1. The Bertz CT molecular complexity index is 668. The Labute approximate surface area is 202 Å². The first-order chi connectivity index (χ1) is 15.6. The third-order valence-electron chi connectivity index (χ3n) is 4.62. The quantitative estimate of drug-likeness (QED) is 0.0793. The molecule has 0 aliphatic rings. The molecule has 0 heterocycles. The molecule has 3 amide bonds. The van der Waals surface area contributed by atoms with E-state index in [4.69, 9.17) is 16.6 Å². The fourth-order valence-corrected chi connectivity index (χ4v) is 3.33. The first kappa shape index (κ1) is 31.0. The number of amides is 3. The van der Waals surface area contributed by atoms with Crippen molar-refractivity contribution in [2.45, 2.75) is 62.7 Å². The summed E-state index contributed by atoms with van der Waals surface area (Å²) in [6.45, 7) is 0.384. The van der Waals surface area contributed by atoms with Crippen LogP contribution in [0.25, 0.3) is 0 Å². The molecule has 0 saturated carbocycles. The summed E-state index contributed by atoms with van der Waals surface area (Å²) in [4.78, 5) is 60.2. The van der Waals surface area contributed by atoms with E-state index >= 15 is 0 Å². The Kier molecular flexibility index (Phi) is 16.4. The highest BCUT2D eigenvalue weighted by molar-refractivity contribution is 7.98. The monoisotopic (exact) mass is 509 g/mol. The highest BCUT2D eigenvalue weighted by Crippen LogP contribution is 2.07. The number of nitrogens with two attached hydrogens (primary N) is 2. The molecule has 0 saturated heterocycles. The van der Waals surface area contributed by atoms with Gasteiger partial charge >= 0.3 is 11.9 Å². The first-order valence-corrected chi connectivity index (χ1v) is 12.5. The average molecular weight is 510 g/mol. The standard InChI is InChI=1S/C19H35N5O7S2/c1-33-9-7-14(19(30)31)24-18(29)13(5-6-15(25)26)23-17(28)12(4-2-3-8-20)22-16(27)11(21)10-32/h11-14,32H,2-10,20-21H2,1H3,(H,22,27)(H,23,28)(H,24,29)(H,25,26)(H,30,31). The number of hydrogen-bond acceptors (Lipinski definition) is 9. The topological polar surface area (TPSA) is 214 Å². The Hall–Kier alpha value is -2.03. The van der Waals surface area contributed by atoms with E-state index < -0.39 is 60.2 Å². The van der Waals surface area contributed by atoms with Gasteiger partial charge in [-0.15, -0.1) is 0 Å². The molecule has 0 aliphatic heterocycles. The fourth-order valence-electron chi connectivity index (χ4n) is 2.70. The Morgan fingerprint density at radius 3 is 1.91 bits per heavy atom. The zero-order valence-corrected chi connectivity index (χ0v) is 20.3. The minimum Gasteiger partial charge on any atom is -0.481 e. The Morgan fingerprint density at radius 2 is 1.42 bits per heavy atom. The van der Waals surface area contributed by atoms with Gasteiger partial charge in [0.15, 0.2) is 0 Å². The van der Waals surface area contributed by atoms with Gasteiger partial charge in [-0.3, -0.25) is 19.2 Å². The van der Waals surface area contributed by atoms with Crippen molar-refractivity contribution in [3.63, 3.8) is 0 Å². The molecule has 0 radical (unpaired) electrons. The van der Waals surface area contributed by atoms with Crippen LogP contribution in [-0.2, 0) is 24.0 Å². The van der Waals surface area contributed by atoms with E-state index in [9.17, 15) is 29.1 Å². The maximum absolute atomic E-state index is 12.9. The van der Waals surface area contributed by atoms with Gasteiger partial charge in [0.2, 0.25) is 17.7 Å². The van der Waals surface area contributed by atoms with E-state index in [0.717, 1.165) is 0 Å². The fraction of sp³-hybridized carbons (Fsp3) is 0.737. The van der Waals surface area contributed by atoms with Crippen molar-refractivity contribution in [2.75, 3.05) is 24.3 Å². The third kappa shape index (κ3) is 13.3. The Morgan fingerprint density at radius 1 is 0.879 bits per heavy atom. The molecule has 14 heteroatoms. The van der Waals surface area contributed by atoms with Gasteiger partial charge in [0.25, 0.3) is 0 Å². The first-order valence-electron chi connectivity index (χ1n) is 10.5.